The molecular weight excluding hydrogens is 295 g/mol. The van der Waals surface area contributed by atoms with Gasteiger partial charge in [-0.05, 0) is 29.8 Å². The average Bonchev–Trinajstić information content (AvgIpc) is 2.37. The molecule has 0 aromatic heterocycles. The number of benzene rings is 2. The molecule has 0 aliphatic heterocycles. The second-order valence-corrected chi connectivity index (χ2v) is 4.20. The average molecular weight is 302 g/mol. The van der Waals surface area contributed by atoms with Crippen LogP contribution in [0.4, 0.5) is 22.0 Å². The molecule has 7 heteroatoms. The van der Waals surface area contributed by atoms with Gasteiger partial charge in [-0.1, -0.05) is 12.1 Å². The van der Waals surface area contributed by atoms with Crippen LogP contribution in [0, 0.1) is 11.6 Å². The predicted octanol–water partition coefficient (Wildman–Crippen LogP) is 4.35. The third kappa shape index (κ3) is 3.01. The fourth-order valence-corrected chi connectivity index (χ4v) is 1.82. The Morgan fingerprint density at radius 2 is 1.57 bits per heavy atom. The summed E-state index contributed by atoms with van der Waals surface area (Å²) in [7, 11) is 0. The molecule has 0 spiro atoms. The van der Waals surface area contributed by atoms with Crippen molar-refractivity contribution < 1.29 is 31.9 Å². The molecule has 0 aliphatic carbocycles. The van der Waals surface area contributed by atoms with Gasteiger partial charge in [0.25, 0.3) is 0 Å². The molecule has 0 saturated heterocycles. The molecule has 0 bridgehead atoms. The van der Waals surface area contributed by atoms with E-state index in [1.54, 1.807) is 0 Å². The molecule has 0 radical (unpaired) electrons. The lowest BCUT2D eigenvalue weighted by Crippen LogP contribution is -2.05. The van der Waals surface area contributed by atoms with Gasteiger partial charge in [0.1, 0.15) is 11.6 Å². The van der Waals surface area contributed by atoms with E-state index in [0.717, 1.165) is 18.2 Å². The smallest absolute Gasteiger partial charge is 0.416 e. The van der Waals surface area contributed by atoms with E-state index in [9.17, 15) is 26.7 Å². The summed E-state index contributed by atoms with van der Waals surface area (Å²) in [6.07, 6.45) is -4.65. The number of carboxylic acids is 1. The summed E-state index contributed by atoms with van der Waals surface area (Å²) in [5.74, 6) is -4.03. The minimum Gasteiger partial charge on any atom is -0.478 e. The van der Waals surface area contributed by atoms with Crippen LogP contribution in [-0.2, 0) is 6.18 Å². The summed E-state index contributed by atoms with van der Waals surface area (Å²) in [5, 5.41) is 8.66. The number of rotatable bonds is 2. The molecule has 0 aliphatic rings. The lowest BCUT2D eigenvalue weighted by Gasteiger charge is -2.10. The highest BCUT2D eigenvalue weighted by Gasteiger charge is 2.31. The van der Waals surface area contributed by atoms with E-state index in [1.807, 2.05) is 0 Å². The van der Waals surface area contributed by atoms with Gasteiger partial charge >= 0.3 is 12.1 Å². The van der Waals surface area contributed by atoms with Crippen molar-refractivity contribution in [2.45, 2.75) is 6.18 Å². The number of carboxylic acid groups (broad SMARTS) is 1. The number of hydrogen-bond donors (Lipinski definition) is 1. The molecule has 1 N–H and O–H groups in total. The summed E-state index contributed by atoms with van der Waals surface area (Å²) in [4.78, 5) is 10.7. The first-order valence-electron chi connectivity index (χ1n) is 5.60. The van der Waals surface area contributed by atoms with Crippen molar-refractivity contribution in [2.75, 3.05) is 0 Å². The van der Waals surface area contributed by atoms with E-state index in [-0.39, 0.29) is 5.56 Å². The van der Waals surface area contributed by atoms with Crippen LogP contribution in [0.15, 0.2) is 36.4 Å². The zero-order chi connectivity index (χ0) is 15.8. The Morgan fingerprint density at radius 3 is 2.05 bits per heavy atom. The number of hydrogen-bond acceptors (Lipinski definition) is 1. The zero-order valence-corrected chi connectivity index (χ0v) is 10.2. The summed E-state index contributed by atoms with van der Waals surface area (Å²) >= 11 is 0. The van der Waals surface area contributed by atoms with Crippen LogP contribution in [0.25, 0.3) is 11.1 Å². The number of alkyl halides is 3. The first kappa shape index (κ1) is 15.0. The van der Waals surface area contributed by atoms with Crippen molar-refractivity contribution in [3.8, 4) is 11.1 Å². The van der Waals surface area contributed by atoms with Crippen molar-refractivity contribution in [3.05, 3.63) is 59.2 Å². The van der Waals surface area contributed by atoms with E-state index in [2.05, 4.69) is 0 Å². The Morgan fingerprint density at radius 1 is 1.00 bits per heavy atom. The molecule has 21 heavy (non-hydrogen) atoms. The van der Waals surface area contributed by atoms with Gasteiger partial charge in [0.05, 0.1) is 16.7 Å². The maximum atomic E-state index is 13.8. The molecule has 2 nitrogen and oxygen atoms in total. The van der Waals surface area contributed by atoms with E-state index >= 15 is 0 Å². The van der Waals surface area contributed by atoms with Crippen LogP contribution in [0.1, 0.15) is 15.9 Å². The Balaban J connectivity index is 2.60. The van der Waals surface area contributed by atoms with Gasteiger partial charge in [0.15, 0.2) is 0 Å². The highest BCUT2D eigenvalue weighted by molar-refractivity contribution is 5.88. The van der Waals surface area contributed by atoms with Crippen molar-refractivity contribution >= 4 is 5.97 Å². The Labute approximate surface area is 115 Å². The first-order chi connectivity index (χ1) is 9.70. The van der Waals surface area contributed by atoms with E-state index in [1.165, 1.54) is 0 Å². The standard InChI is InChI=1S/C14H7F5O2/c15-10-5-8(13(20)21)6-11(16)12(10)7-2-1-3-9(4-7)14(17,18)19/h1-6H,(H,20,21). The molecule has 2 rings (SSSR count). The Bertz CT molecular complexity index is 684. The van der Waals surface area contributed by atoms with E-state index in [0.29, 0.717) is 18.2 Å². The molecule has 2 aromatic rings. The van der Waals surface area contributed by atoms with Crippen molar-refractivity contribution in [2.24, 2.45) is 0 Å². The predicted molar refractivity (Wildman–Crippen MR) is 63.8 cm³/mol. The van der Waals surface area contributed by atoms with Crippen LogP contribution in [0.3, 0.4) is 0 Å². The molecule has 0 amide bonds. The molecule has 0 unspecified atom stereocenters. The van der Waals surface area contributed by atoms with Gasteiger partial charge in [0.2, 0.25) is 0 Å². The van der Waals surface area contributed by atoms with Gasteiger partial charge in [0, 0.05) is 0 Å². The van der Waals surface area contributed by atoms with Crippen LogP contribution < -0.4 is 0 Å². The fraction of sp³-hybridized carbons (Fsp3) is 0.0714. The van der Waals surface area contributed by atoms with Gasteiger partial charge in [-0.25, -0.2) is 13.6 Å². The molecule has 0 fully saturated rings. The van der Waals surface area contributed by atoms with Gasteiger partial charge in [-0.2, -0.15) is 13.2 Å². The van der Waals surface area contributed by atoms with Gasteiger partial charge in [-0.3, -0.25) is 0 Å². The quantitative estimate of drug-likeness (QED) is 0.837. The normalized spacial score (nSPS) is 11.5. The second-order valence-electron chi connectivity index (χ2n) is 4.20. The summed E-state index contributed by atoms with van der Waals surface area (Å²) in [6, 6.07) is 4.61. The van der Waals surface area contributed by atoms with Crippen molar-refractivity contribution in [1.29, 1.82) is 0 Å². The van der Waals surface area contributed by atoms with Gasteiger partial charge < -0.3 is 5.11 Å². The molecule has 0 atom stereocenters. The van der Waals surface area contributed by atoms with Crippen molar-refractivity contribution in [3.63, 3.8) is 0 Å². The van der Waals surface area contributed by atoms with Gasteiger partial charge in [-0.15, -0.1) is 0 Å². The third-order valence-electron chi connectivity index (χ3n) is 2.77. The lowest BCUT2D eigenvalue weighted by atomic mass is 10.00. The number of carbonyl (C=O) groups is 1. The maximum Gasteiger partial charge on any atom is 0.416 e. The highest BCUT2D eigenvalue weighted by atomic mass is 19.4. The van der Waals surface area contributed by atoms with Crippen LogP contribution in [0.2, 0.25) is 0 Å². The summed E-state index contributed by atoms with van der Waals surface area (Å²) in [6.45, 7) is 0. The van der Waals surface area contributed by atoms with Crippen LogP contribution in [-0.4, -0.2) is 11.1 Å². The zero-order valence-electron chi connectivity index (χ0n) is 10.2. The lowest BCUT2D eigenvalue weighted by molar-refractivity contribution is -0.137. The maximum absolute atomic E-state index is 13.8. The van der Waals surface area contributed by atoms with E-state index in [4.69, 9.17) is 5.11 Å². The fourth-order valence-electron chi connectivity index (χ4n) is 1.82. The molecule has 0 heterocycles. The number of halogens is 5. The largest absolute Gasteiger partial charge is 0.478 e. The topological polar surface area (TPSA) is 37.3 Å². The van der Waals surface area contributed by atoms with Crippen LogP contribution >= 0.6 is 0 Å². The summed E-state index contributed by atoms with van der Waals surface area (Å²) < 4.78 is 65.4. The first-order valence-corrected chi connectivity index (χ1v) is 5.60. The van der Waals surface area contributed by atoms with Crippen LogP contribution in [0.5, 0.6) is 0 Å². The second kappa shape index (κ2) is 5.16. The molecular formula is C14H7F5O2. The Kier molecular flexibility index (Phi) is 3.67. The minimum atomic E-state index is -4.65. The molecule has 110 valence electrons. The third-order valence-corrected chi connectivity index (χ3v) is 2.77. The monoisotopic (exact) mass is 302 g/mol. The Hall–Kier alpha value is -2.44. The summed E-state index contributed by atoms with van der Waals surface area (Å²) in [5.41, 5.74) is -2.70. The highest BCUT2D eigenvalue weighted by Crippen LogP contribution is 2.34. The SMILES string of the molecule is O=C(O)c1cc(F)c(-c2cccc(C(F)(F)F)c2)c(F)c1. The molecule has 2 aromatic carbocycles. The number of aromatic carboxylic acids is 1. The van der Waals surface area contributed by atoms with Crippen molar-refractivity contribution in [1.82, 2.24) is 0 Å². The van der Waals surface area contributed by atoms with E-state index < -0.39 is 40.5 Å². The molecule has 0 saturated carbocycles. The minimum absolute atomic E-state index is 0.322.